The minimum atomic E-state index is -4.60. The third-order valence-electron chi connectivity index (χ3n) is 4.17. The number of anilines is 2. The Hall–Kier alpha value is -2.75. The van der Waals surface area contributed by atoms with E-state index in [0.29, 0.717) is 11.4 Å². The summed E-state index contributed by atoms with van der Waals surface area (Å²) >= 11 is 0. The lowest BCUT2D eigenvalue weighted by molar-refractivity contribution is -0.136. The highest BCUT2D eigenvalue weighted by atomic mass is 32.2. The number of nitrogens with zero attached hydrogens (tertiary/aromatic N) is 1. The first-order chi connectivity index (χ1) is 13.9. The second-order valence-electron chi connectivity index (χ2n) is 6.87. The summed E-state index contributed by atoms with van der Waals surface area (Å²) in [6, 6.07) is 9.53. The Balaban J connectivity index is 1.90. The molecule has 30 heavy (non-hydrogen) atoms. The number of carbonyl (C=O) groups excluding carboxylic acids is 1. The van der Waals surface area contributed by atoms with E-state index in [0.717, 1.165) is 12.3 Å². The zero-order chi connectivity index (χ0) is 22.5. The molecule has 0 aliphatic rings. The SMILES string of the molecule is CN(C)c1ccc(NC(=O)CCCOc2ccc(S(C)(=O)=O)cc2)c(C(F)(F)F)c1. The van der Waals surface area contributed by atoms with Crippen molar-refractivity contribution in [1.29, 1.82) is 0 Å². The van der Waals surface area contributed by atoms with Crippen LogP contribution in [0.4, 0.5) is 24.5 Å². The van der Waals surface area contributed by atoms with Crippen LogP contribution in [0.5, 0.6) is 5.75 Å². The molecule has 2 aromatic carbocycles. The molecule has 1 amide bonds. The molecule has 0 aliphatic heterocycles. The number of nitrogens with one attached hydrogen (secondary N) is 1. The molecule has 0 heterocycles. The summed E-state index contributed by atoms with van der Waals surface area (Å²) in [5.74, 6) is -0.129. The number of rotatable bonds is 8. The fraction of sp³-hybridized carbons (Fsp3) is 0.350. The maximum absolute atomic E-state index is 13.3. The molecule has 2 rings (SSSR count). The first kappa shape index (κ1) is 23.5. The van der Waals surface area contributed by atoms with Crippen molar-refractivity contribution in [2.75, 3.05) is 37.2 Å². The lowest BCUT2D eigenvalue weighted by Gasteiger charge is -2.18. The Morgan fingerprint density at radius 2 is 1.73 bits per heavy atom. The van der Waals surface area contributed by atoms with Gasteiger partial charge in [0.2, 0.25) is 5.91 Å². The summed E-state index contributed by atoms with van der Waals surface area (Å²) in [6.45, 7) is 0.150. The highest BCUT2D eigenvalue weighted by Crippen LogP contribution is 2.37. The normalized spacial score (nSPS) is 11.8. The Bertz CT molecular complexity index is 988. The number of halogens is 3. The quantitative estimate of drug-likeness (QED) is 0.624. The molecule has 2 aromatic rings. The number of benzene rings is 2. The Morgan fingerprint density at radius 3 is 2.27 bits per heavy atom. The van der Waals surface area contributed by atoms with Gasteiger partial charge < -0.3 is 15.0 Å². The number of carbonyl (C=O) groups is 1. The fourth-order valence-corrected chi connectivity index (χ4v) is 3.20. The molecule has 0 aromatic heterocycles. The number of hydrogen-bond donors (Lipinski definition) is 1. The van der Waals surface area contributed by atoms with Crippen LogP contribution in [-0.4, -0.2) is 41.3 Å². The Labute approximate surface area is 173 Å². The molecule has 0 fully saturated rings. The van der Waals surface area contributed by atoms with Crippen molar-refractivity contribution >= 4 is 27.1 Å². The number of alkyl halides is 3. The number of amides is 1. The molecule has 0 radical (unpaired) electrons. The summed E-state index contributed by atoms with van der Waals surface area (Å²) in [5, 5.41) is 2.31. The van der Waals surface area contributed by atoms with E-state index >= 15 is 0 Å². The molecule has 0 bridgehead atoms. The molecular weight excluding hydrogens is 421 g/mol. The minimum absolute atomic E-state index is 0.0336. The number of ether oxygens (including phenoxy) is 1. The molecule has 0 saturated carbocycles. The predicted molar refractivity (Wildman–Crippen MR) is 109 cm³/mol. The molecule has 0 unspecified atom stereocenters. The van der Waals surface area contributed by atoms with Gasteiger partial charge in [-0.3, -0.25) is 4.79 Å². The van der Waals surface area contributed by atoms with E-state index in [1.165, 1.54) is 36.4 Å². The maximum atomic E-state index is 13.3. The van der Waals surface area contributed by atoms with Crippen LogP contribution in [0.25, 0.3) is 0 Å². The molecule has 0 atom stereocenters. The predicted octanol–water partition coefficient (Wildman–Crippen LogP) is 3.97. The highest BCUT2D eigenvalue weighted by molar-refractivity contribution is 7.90. The summed E-state index contributed by atoms with van der Waals surface area (Å²) in [7, 11) is -0.0438. The van der Waals surface area contributed by atoms with Gasteiger partial charge in [0.25, 0.3) is 0 Å². The van der Waals surface area contributed by atoms with E-state index in [4.69, 9.17) is 4.74 Å². The van der Waals surface area contributed by atoms with Crippen LogP contribution >= 0.6 is 0 Å². The number of sulfone groups is 1. The summed E-state index contributed by atoms with van der Waals surface area (Å²) < 4.78 is 68.2. The van der Waals surface area contributed by atoms with E-state index in [1.54, 1.807) is 19.0 Å². The maximum Gasteiger partial charge on any atom is 0.418 e. The highest BCUT2D eigenvalue weighted by Gasteiger charge is 2.34. The van der Waals surface area contributed by atoms with E-state index in [2.05, 4.69) is 5.32 Å². The summed E-state index contributed by atoms with van der Waals surface area (Å²) in [6.07, 6.45) is -3.26. The Morgan fingerprint density at radius 1 is 1.10 bits per heavy atom. The summed E-state index contributed by atoms with van der Waals surface area (Å²) in [5.41, 5.74) is -0.838. The van der Waals surface area contributed by atoms with Crippen LogP contribution in [0.15, 0.2) is 47.4 Å². The second kappa shape index (κ2) is 9.38. The molecule has 10 heteroatoms. The lowest BCUT2D eigenvalue weighted by Crippen LogP contribution is -2.18. The van der Waals surface area contributed by atoms with Crippen LogP contribution in [0, 0.1) is 0 Å². The van der Waals surface area contributed by atoms with Gasteiger partial charge in [0, 0.05) is 32.5 Å². The molecule has 0 saturated heterocycles. The zero-order valence-electron chi connectivity index (χ0n) is 16.8. The van der Waals surface area contributed by atoms with E-state index in [-0.39, 0.29) is 30.0 Å². The van der Waals surface area contributed by atoms with Gasteiger partial charge in [-0.2, -0.15) is 13.2 Å². The standard InChI is InChI=1S/C20H23F3N2O4S/c1-25(2)14-6-11-18(17(13-14)20(21,22)23)24-19(26)5-4-12-29-15-7-9-16(10-8-15)30(3,27)28/h6-11,13H,4-5,12H2,1-3H3,(H,24,26). The number of hydrogen-bond acceptors (Lipinski definition) is 5. The van der Waals surface area contributed by atoms with Gasteiger partial charge in [0.1, 0.15) is 5.75 Å². The topological polar surface area (TPSA) is 75.7 Å². The molecule has 1 N–H and O–H groups in total. The van der Waals surface area contributed by atoms with Crippen molar-refractivity contribution in [3.8, 4) is 5.75 Å². The largest absolute Gasteiger partial charge is 0.494 e. The van der Waals surface area contributed by atoms with Crippen LogP contribution in [0.2, 0.25) is 0 Å². The first-order valence-electron chi connectivity index (χ1n) is 8.99. The zero-order valence-corrected chi connectivity index (χ0v) is 17.6. The van der Waals surface area contributed by atoms with Crippen molar-refractivity contribution in [3.05, 3.63) is 48.0 Å². The minimum Gasteiger partial charge on any atom is -0.494 e. The van der Waals surface area contributed by atoms with Gasteiger partial charge in [-0.15, -0.1) is 0 Å². The van der Waals surface area contributed by atoms with E-state index in [1.807, 2.05) is 0 Å². The van der Waals surface area contributed by atoms with Gasteiger partial charge in [0.15, 0.2) is 9.84 Å². The van der Waals surface area contributed by atoms with Crippen molar-refractivity contribution in [2.24, 2.45) is 0 Å². The van der Waals surface area contributed by atoms with Crippen LogP contribution in [-0.2, 0) is 20.8 Å². The third kappa shape index (κ3) is 6.65. The Kier molecular flexibility index (Phi) is 7.35. The van der Waals surface area contributed by atoms with Gasteiger partial charge >= 0.3 is 6.18 Å². The molecule has 164 valence electrons. The van der Waals surface area contributed by atoms with Crippen molar-refractivity contribution in [2.45, 2.75) is 23.9 Å². The second-order valence-corrected chi connectivity index (χ2v) is 8.88. The molecule has 6 nitrogen and oxygen atoms in total. The third-order valence-corrected chi connectivity index (χ3v) is 5.30. The molecular formula is C20H23F3N2O4S. The van der Waals surface area contributed by atoms with Gasteiger partial charge in [-0.05, 0) is 48.9 Å². The van der Waals surface area contributed by atoms with Crippen molar-refractivity contribution in [1.82, 2.24) is 0 Å². The van der Waals surface area contributed by atoms with Crippen molar-refractivity contribution < 1.29 is 31.1 Å². The van der Waals surface area contributed by atoms with Crippen molar-refractivity contribution in [3.63, 3.8) is 0 Å². The first-order valence-corrected chi connectivity index (χ1v) is 10.9. The average molecular weight is 444 g/mol. The molecule has 0 spiro atoms. The van der Waals surface area contributed by atoms with Crippen LogP contribution in [0.3, 0.4) is 0 Å². The van der Waals surface area contributed by atoms with E-state index < -0.39 is 27.5 Å². The van der Waals surface area contributed by atoms with Crippen LogP contribution in [0.1, 0.15) is 18.4 Å². The van der Waals surface area contributed by atoms with Crippen LogP contribution < -0.4 is 15.0 Å². The van der Waals surface area contributed by atoms with E-state index in [9.17, 15) is 26.4 Å². The monoisotopic (exact) mass is 444 g/mol. The lowest BCUT2D eigenvalue weighted by atomic mass is 10.1. The average Bonchev–Trinajstić information content (AvgIpc) is 2.64. The van der Waals surface area contributed by atoms with Gasteiger partial charge in [0.05, 0.1) is 22.8 Å². The smallest absolute Gasteiger partial charge is 0.418 e. The van der Waals surface area contributed by atoms with Gasteiger partial charge in [-0.25, -0.2) is 8.42 Å². The van der Waals surface area contributed by atoms with Gasteiger partial charge in [-0.1, -0.05) is 0 Å². The summed E-state index contributed by atoms with van der Waals surface area (Å²) in [4.78, 5) is 13.8. The molecule has 0 aliphatic carbocycles. The fourth-order valence-electron chi connectivity index (χ4n) is 2.57.